The Morgan fingerprint density at radius 1 is 1.27 bits per heavy atom. The number of ketones is 1. The SMILES string of the molecule is COC(=O)[C@@H](C)N1CCC(C(=O)c2cc(F)ccc2F)CC1. The molecular weight excluding hydrogens is 292 g/mol. The molecule has 6 heteroatoms. The zero-order valence-corrected chi connectivity index (χ0v) is 12.6. The smallest absolute Gasteiger partial charge is 0.322 e. The van der Waals surface area contributed by atoms with Gasteiger partial charge in [0.1, 0.15) is 17.7 Å². The molecule has 0 N–H and O–H groups in total. The first-order chi connectivity index (χ1) is 10.4. The average molecular weight is 311 g/mol. The summed E-state index contributed by atoms with van der Waals surface area (Å²) in [6.07, 6.45) is 1.02. The third-order valence-electron chi connectivity index (χ3n) is 4.18. The number of hydrogen-bond donors (Lipinski definition) is 0. The molecule has 0 radical (unpaired) electrons. The van der Waals surface area contributed by atoms with E-state index in [0.717, 1.165) is 18.2 Å². The van der Waals surface area contributed by atoms with E-state index in [1.165, 1.54) is 7.11 Å². The van der Waals surface area contributed by atoms with Crippen LogP contribution in [0.25, 0.3) is 0 Å². The minimum absolute atomic E-state index is 0.195. The molecule has 1 aliphatic heterocycles. The Bertz CT molecular complexity index is 569. The summed E-state index contributed by atoms with van der Waals surface area (Å²) in [5, 5.41) is 0. The lowest BCUT2D eigenvalue weighted by molar-refractivity contribution is -0.146. The number of esters is 1. The van der Waals surface area contributed by atoms with Crippen molar-refractivity contribution in [2.45, 2.75) is 25.8 Å². The van der Waals surface area contributed by atoms with Crippen LogP contribution in [-0.4, -0.2) is 42.9 Å². The van der Waals surface area contributed by atoms with E-state index < -0.39 is 11.6 Å². The van der Waals surface area contributed by atoms with Crippen molar-refractivity contribution < 1.29 is 23.1 Å². The Morgan fingerprint density at radius 3 is 2.50 bits per heavy atom. The Kier molecular flexibility index (Phi) is 5.24. The summed E-state index contributed by atoms with van der Waals surface area (Å²) in [5.74, 6) is -2.36. The molecule has 1 aliphatic rings. The number of methoxy groups -OCH3 is 1. The van der Waals surface area contributed by atoms with Crippen molar-refractivity contribution in [1.29, 1.82) is 0 Å². The van der Waals surface area contributed by atoms with Crippen LogP contribution in [0.4, 0.5) is 8.78 Å². The van der Waals surface area contributed by atoms with Gasteiger partial charge >= 0.3 is 5.97 Å². The summed E-state index contributed by atoms with van der Waals surface area (Å²) < 4.78 is 31.6. The summed E-state index contributed by atoms with van der Waals surface area (Å²) in [6.45, 7) is 2.84. The van der Waals surface area contributed by atoms with Crippen LogP contribution >= 0.6 is 0 Å². The normalized spacial score (nSPS) is 18.0. The highest BCUT2D eigenvalue weighted by atomic mass is 19.1. The summed E-state index contributed by atoms with van der Waals surface area (Å²) in [5.41, 5.74) is -0.195. The van der Waals surface area contributed by atoms with Gasteiger partial charge in [-0.3, -0.25) is 14.5 Å². The van der Waals surface area contributed by atoms with Gasteiger partial charge in [-0.15, -0.1) is 0 Å². The predicted octanol–water partition coefficient (Wildman–Crippen LogP) is 2.42. The number of halogens is 2. The van der Waals surface area contributed by atoms with Crippen LogP contribution in [0.2, 0.25) is 0 Å². The van der Waals surface area contributed by atoms with E-state index in [1.54, 1.807) is 6.92 Å². The number of rotatable bonds is 4. The number of hydrogen-bond acceptors (Lipinski definition) is 4. The van der Waals surface area contributed by atoms with E-state index in [9.17, 15) is 18.4 Å². The van der Waals surface area contributed by atoms with Gasteiger partial charge in [-0.05, 0) is 51.1 Å². The number of carbonyl (C=O) groups excluding carboxylic acids is 2. The first-order valence-electron chi connectivity index (χ1n) is 7.25. The molecule has 120 valence electrons. The molecule has 1 aromatic carbocycles. The highest BCUT2D eigenvalue weighted by Gasteiger charge is 2.31. The van der Waals surface area contributed by atoms with Gasteiger partial charge in [-0.2, -0.15) is 0 Å². The van der Waals surface area contributed by atoms with Gasteiger partial charge in [0.05, 0.1) is 12.7 Å². The monoisotopic (exact) mass is 311 g/mol. The maximum Gasteiger partial charge on any atom is 0.322 e. The zero-order chi connectivity index (χ0) is 16.3. The largest absolute Gasteiger partial charge is 0.468 e. The van der Waals surface area contributed by atoms with Crippen LogP contribution in [0.5, 0.6) is 0 Å². The van der Waals surface area contributed by atoms with E-state index in [1.807, 2.05) is 4.90 Å². The second-order valence-electron chi connectivity index (χ2n) is 5.50. The minimum atomic E-state index is -0.697. The molecule has 4 nitrogen and oxygen atoms in total. The standard InChI is InChI=1S/C16H19F2NO3/c1-10(16(21)22-2)19-7-5-11(6-8-19)15(20)13-9-12(17)3-4-14(13)18/h3-4,9-11H,5-8H2,1-2H3/t10-/m1/s1. The number of benzene rings is 1. The third kappa shape index (κ3) is 3.50. The first kappa shape index (κ1) is 16.5. The van der Waals surface area contributed by atoms with E-state index in [0.29, 0.717) is 25.9 Å². The van der Waals surface area contributed by atoms with Gasteiger partial charge in [0.15, 0.2) is 5.78 Å². The maximum atomic E-state index is 13.7. The van der Waals surface area contributed by atoms with E-state index in [-0.39, 0.29) is 29.3 Å². The molecular formula is C16H19F2NO3. The van der Waals surface area contributed by atoms with Crippen molar-refractivity contribution in [2.24, 2.45) is 5.92 Å². The molecule has 0 spiro atoms. The first-order valence-corrected chi connectivity index (χ1v) is 7.25. The lowest BCUT2D eigenvalue weighted by Crippen LogP contribution is -2.45. The molecule has 1 atom stereocenters. The Balaban J connectivity index is 2.01. The van der Waals surface area contributed by atoms with Crippen LogP contribution in [0.3, 0.4) is 0 Å². The molecule has 1 heterocycles. The van der Waals surface area contributed by atoms with Crippen molar-refractivity contribution in [2.75, 3.05) is 20.2 Å². The fourth-order valence-corrected chi connectivity index (χ4v) is 2.77. The van der Waals surface area contributed by atoms with Crippen LogP contribution in [-0.2, 0) is 9.53 Å². The number of likely N-dealkylation sites (tertiary alicyclic amines) is 1. The highest BCUT2D eigenvalue weighted by molar-refractivity contribution is 5.98. The summed E-state index contributed by atoms with van der Waals surface area (Å²) in [4.78, 5) is 25.8. The number of piperidine rings is 1. The molecule has 1 aromatic rings. The highest BCUT2D eigenvalue weighted by Crippen LogP contribution is 2.24. The molecule has 2 rings (SSSR count). The number of carbonyl (C=O) groups is 2. The Labute approximate surface area is 128 Å². The van der Waals surface area contributed by atoms with Gasteiger partial charge in [-0.1, -0.05) is 0 Å². The van der Waals surface area contributed by atoms with Crippen LogP contribution < -0.4 is 0 Å². The van der Waals surface area contributed by atoms with Crippen molar-refractivity contribution >= 4 is 11.8 Å². The maximum absolute atomic E-state index is 13.7. The fourth-order valence-electron chi connectivity index (χ4n) is 2.77. The van der Waals surface area contributed by atoms with Gasteiger partial charge in [0.25, 0.3) is 0 Å². The molecule has 22 heavy (non-hydrogen) atoms. The molecule has 0 unspecified atom stereocenters. The van der Waals surface area contributed by atoms with Crippen molar-refractivity contribution in [1.82, 2.24) is 4.90 Å². The van der Waals surface area contributed by atoms with E-state index >= 15 is 0 Å². The minimum Gasteiger partial charge on any atom is -0.468 e. The van der Waals surface area contributed by atoms with Gasteiger partial charge < -0.3 is 4.74 Å². The second kappa shape index (κ2) is 6.96. The molecule has 1 fully saturated rings. The zero-order valence-electron chi connectivity index (χ0n) is 12.6. The Hall–Kier alpha value is -1.82. The summed E-state index contributed by atoms with van der Waals surface area (Å²) in [6, 6.07) is 2.54. The average Bonchev–Trinajstić information content (AvgIpc) is 2.55. The number of ether oxygens (including phenoxy) is 1. The summed E-state index contributed by atoms with van der Waals surface area (Å²) in [7, 11) is 1.34. The molecule has 0 saturated carbocycles. The number of Topliss-reactive ketones (excluding diaryl/α,β-unsaturated/α-hetero) is 1. The molecule has 0 aliphatic carbocycles. The topological polar surface area (TPSA) is 46.6 Å². The van der Waals surface area contributed by atoms with E-state index in [4.69, 9.17) is 4.74 Å². The number of nitrogens with zero attached hydrogens (tertiary/aromatic N) is 1. The third-order valence-corrected chi connectivity index (χ3v) is 4.18. The molecule has 0 aromatic heterocycles. The quantitative estimate of drug-likeness (QED) is 0.633. The van der Waals surface area contributed by atoms with Gasteiger partial charge in [-0.25, -0.2) is 8.78 Å². The molecule has 1 saturated heterocycles. The lowest BCUT2D eigenvalue weighted by atomic mass is 9.88. The molecule has 0 amide bonds. The van der Waals surface area contributed by atoms with Crippen LogP contribution in [0.1, 0.15) is 30.1 Å². The van der Waals surface area contributed by atoms with Crippen molar-refractivity contribution in [3.05, 3.63) is 35.4 Å². The molecule has 0 bridgehead atoms. The Morgan fingerprint density at radius 2 is 1.91 bits per heavy atom. The van der Waals surface area contributed by atoms with Gasteiger partial charge in [0, 0.05) is 5.92 Å². The lowest BCUT2D eigenvalue weighted by Gasteiger charge is -2.34. The van der Waals surface area contributed by atoms with Crippen molar-refractivity contribution in [3.8, 4) is 0 Å². The van der Waals surface area contributed by atoms with Crippen LogP contribution in [0, 0.1) is 17.6 Å². The van der Waals surface area contributed by atoms with Crippen LogP contribution in [0.15, 0.2) is 18.2 Å². The fraction of sp³-hybridized carbons (Fsp3) is 0.500. The van der Waals surface area contributed by atoms with E-state index in [2.05, 4.69) is 0 Å². The summed E-state index contributed by atoms with van der Waals surface area (Å²) >= 11 is 0. The second-order valence-corrected chi connectivity index (χ2v) is 5.50. The predicted molar refractivity (Wildman–Crippen MR) is 76.5 cm³/mol. The van der Waals surface area contributed by atoms with Crippen molar-refractivity contribution in [3.63, 3.8) is 0 Å². The van der Waals surface area contributed by atoms with Gasteiger partial charge in [0.2, 0.25) is 0 Å².